The maximum atomic E-state index is 10.1. The van der Waals surface area contributed by atoms with E-state index in [9.17, 15) is 9.90 Å². The lowest BCUT2D eigenvalue weighted by molar-refractivity contribution is -0.110. The molecule has 0 bridgehead atoms. The number of hydrogen-bond acceptors (Lipinski definition) is 2. The Kier molecular flexibility index (Phi) is 2.88. The third-order valence-corrected chi connectivity index (χ3v) is 2.43. The van der Waals surface area contributed by atoms with Gasteiger partial charge < -0.3 is 10.4 Å². The Hall–Kier alpha value is -0.570. The van der Waals surface area contributed by atoms with Crippen LogP contribution in [0.2, 0.25) is 0 Å². The molecule has 0 spiro atoms. The predicted molar refractivity (Wildman–Crippen MR) is 42.0 cm³/mol. The fourth-order valence-electron chi connectivity index (χ4n) is 1.63. The SMILES string of the molecule is C[C@@H]1C[C@H](NC=O)CC[C@H]1O. The molecular weight excluding hydrogens is 142 g/mol. The van der Waals surface area contributed by atoms with Crippen LogP contribution in [0.3, 0.4) is 0 Å². The molecule has 1 saturated carbocycles. The zero-order chi connectivity index (χ0) is 8.27. The van der Waals surface area contributed by atoms with Gasteiger partial charge in [-0.1, -0.05) is 6.92 Å². The number of carbonyl (C=O) groups is 1. The normalized spacial score (nSPS) is 38.2. The van der Waals surface area contributed by atoms with E-state index >= 15 is 0 Å². The van der Waals surface area contributed by atoms with Crippen molar-refractivity contribution in [2.45, 2.75) is 38.3 Å². The van der Waals surface area contributed by atoms with E-state index in [0.29, 0.717) is 5.92 Å². The van der Waals surface area contributed by atoms with Gasteiger partial charge in [-0.25, -0.2) is 0 Å². The van der Waals surface area contributed by atoms with E-state index in [0.717, 1.165) is 25.7 Å². The molecule has 1 amide bonds. The minimum atomic E-state index is -0.167. The average Bonchev–Trinajstić information content (AvgIpc) is 1.98. The number of amides is 1. The fraction of sp³-hybridized carbons (Fsp3) is 0.875. The van der Waals surface area contributed by atoms with Crippen LogP contribution >= 0.6 is 0 Å². The van der Waals surface area contributed by atoms with E-state index < -0.39 is 0 Å². The molecule has 0 saturated heterocycles. The van der Waals surface area contributed by atoms with Crippen molar-refractivity contribution in [3.63, 3.8) is 0 Å². The summed E-state index contributed by atoms with van der Waals surface area (Å²) in [6.07, 6.45) is 3.20. The first-order valence-electron chi connectivity index (χ1n) is 4.11. The minimum absolute atomic E-state index is 0.167. The van der Waals surface area contributed by atoms with Gasteiger partial charge in [0.1, 0.15) is 0 Å². The van der Waals surface area contributed by atoms with Crippen LogP contribution in [0.15, 0.2) is 0 Å². The lowest BCUT2D eigenvalue weighted by atomic mass is 9.85. The summed E-state index contributed by atoms with van der Waals surface area (Å²) >= 11 is 0. The van der Waals surface area contributed by atoms with Gasteiger partial charge in [0.25, 0.3) is 0 Å². The molecule has 3 nitrogen and oxygen atoms in total. The highest BCUT2D eigenvalue weighted by Crippen LogP contribution is 2.23. The number of hydrogen-bond donors (Lipinski definition) is 2. The summed E-state index contributed by atoms with van der Waals surface area (Å²) in [5, 5.41) is 12.1. The Morgan fingerprint density at radius 1 is 1.55 bits per heavy atom. The molecule has 0 heterocycles. The van der Waals surface area contributed by atoms with Gasteiger partial charge in [0, 0.05) is 6.04 Å². The molecule has 0 unspecified atom stereocenters. The van der Waals surface area contributed by atoms with Crippen LogP contribution in [0.5, 0.6) is 0 Å². The summed E-state index contributed by atoms with van der Waals surface area (Å²) in [5.74, 6) is 0.321. The summed E-state index contributed by atoms with van der Waals surface area (Å²) in [4.78, 5) is 10.1. The third-order valence-electron chi connectivity index (χ3n) is 2.43. The summed E-state index contributed by atoms with van der Waals surface area (Å²) in [7, 11) is 0. The van der Waals surface area contributed by atoms with Gasteiger partial charge in [-0.3, -0.25) is 4.79 Å². The van der Waals surface area contributed by atoms with Crippen LogP contribution in [0.25, 0.3) is 0 Å². The minimum Gasteiger partial charge on any atom is -0.393 e. The maximum absolute atomic E-state index is 10.1. The van der Waals surface area contributed by atoms with Gasteiger partial charge >= 0.3 is 0 Å². The van der Waals surface area contributed by atoms with Crippen molar-refractivity contribution in [3.8, 4) is 0 Å². The molecule has 0 radical (unpaired) electrons. The molecule has 1 rings (SSSR count). The van der Waals surface area contributed by atoms with Crippen LogP contribution in [-0.2, 0) is 4.79 Å². The van der Waals surface area contributed by atoms with Gasteiger partial charge in [0.15, 0.2) is 0 Å². The Bertz CT molecular complexity index is 138. The lowest BCUT2D eigenvalue weighted by Crippen LogP contribution is -2.38. The number of aliphatic hydroxyl groups is 1. The van der Waals surface area contributed by atoms with E-state index in [1.807, 2.05) is 6.92 Å². The van der Waals surface area contributed by atoms with Crippen molar-refractivity contribution in [3.05, 3.63) is 0 Å². The van der Waals surface area contributed by atoms with Crippen molar-refractivity contribution < 1.29 is 9.90 Å². The van der Waals surface area contributed by atoms with Crippen LogP contribution in [-0.4, -0.2) is 23.7 Å². The van der Waals surface area contributed by atoms with Crippen LogP contribution in [0.1, 0.15) is 26.2 Å². The quantitative estimate of drug-likeness (QED) is 0.566. The van der Waals surface area contributed by atoms with Gasteiger partial charge in [-0.15, -0.1) is 0 Å². The Morgan fingerprint density at radius 2 is 2.27 bits per heavy atom. The molecule has 64 valence electrons. The van der Waals surface area contributed by atoms with Crippen molar-refractivity contribution in [2.24, 2.45) is 5.92 Å². The fourth-order valence-corrected chi connectivity index (χ4v) is 1.63. The highest BCUT2D eigenvalue weighted by molar-refractivity contribution is 5.46. The van der Waals surface area contributed by atoms with Gasteiger partial charge in [0.2, 0.25) is 6.41 Å². The maximum Gasteiger partial charge on any atom is 0.207 e. The first-order valence-corrected chi connectivity index (χ1v) is 4.11. The van der Waals surface area contributed by atoms with E-state index in [-0.39, 0.29) is 12.1 Å². The smallest absolute Gasteiger partial charge is 0.207 e. The molecule has 0 aromatic rings. The second kappa shape index (κ2) is 3.72. The molecule has 0 aromatic carbocycles. The van der Waals surface area contributed by atoms with E-state index in [1.165, 1.54) is 0 Å². The zero-order valence-electron chi connectivity index (χ0n) is 6.79. The molecule has 1 fully saturated rings. The molecule has 1 aliphatic carbocycles. The van der Waals surface area contributed by atoms with Crippen LogP contribution in [0, 0.1) is 5.92 Å². The highest BCUT2D eigenvalue weighted by atomic mass is 16.3. The number of carbonyl (C=O) groups excluding carboxylic acids is 1. The number of rotatable bonds is 2. The standard InChI is InChI=1S/C8H15NO2/c1-6-4-7(9-5-10)2-3-8(6)11/h5-8,11H,2-4H2,1H3,(H,9,10)/t6-,7-,8-/m1/s1. The predicted octanol–water partition coefficient (Wildman–Crippen LogP) is 0.282. The zero-order valence-corrected chi connectivity index (χ0v) is 6.79. The molecule has 3 atom stereocenters. The Morgan fingerprint density at radius 3 is 2.82 bits per heavy atom. The average molecular weight is 157 g/mol. The van der Waals surface area contributed by atoms with Gasteiger partial charge in [-0.2, -0.15) is 0 Å². The van der Waals surface area contributed by atoms with Gasteiger partial charge in [0.05, 0.1) is 6.10 Å². The molecule has 1 aliphatic rings. The molecule has 3 heteroatoms. The van der Waals surface area contributed by atoms with E-state index in [1.54, 1.807) is 0 Å². The number of aliphatic hydroxyl groups excluding tert-OH is 1. The Labute approximate surface area is 66.8 Å². The summed E-state index contributed by atoms with van der Waals surface area (Å²) in [5.41, 5.74) is 0. The van der Waals surface area contributed by atoms with E-state index in [2.05, 4.69) is 5.32 Å². The van der Waals surface area contributed by atoms with E-state index in [4.69, 9.17) is 0 Å². The molecule has 2 N–H and O–H groups in total. The Balaban J connectivity index is 2.33. The summed E-state index contributed by atoms with van der Waals surface area (Å²) in [6, 6.07) is 0.283. The first-order chi connectivity index (χ1) is 5.24. The largest absolute Gasteiger partial charge is 0.393 e. The second-order valence-corrected chi connectivity index (χ2v) is 3.34. The summed E-state index contributed by atoms with van der Waals surface area (Å²) < 4.78 is 0. The number of nitrogens with one attached hydrogen (secondary N) is 1. The highest BCUT2D eigenvalue weighted by Gasteiger charge is 2.25. The monoisotopic (exact) mass is 157 g/mol. The molecule has 0 aliphatic heterocycles. The summed E-state index contributed by atoms with van der Waals surface area (Å²) in [6.45, 7) is 2.02. The first kappa shape index (κ1) is 8.53. The topological polar surface area (TPSA) is 49.3 Å². The van der Waals surface area contributed by atoms with Crippen molar-refractivity contribution in [1.82, 2.24) is 5.32 Å². The van der Waals surface area contributed by atoms with Crippen molar-refractivity contribution in [2.75, 3.05) is 0 Å². The van der Waals surface area contributed by atoms with Crippen LogP contribution in [0.4, 0.5) is 0 Å². The molecule has 0 aromatic heterocycles. The van der Waals surface area contributed by atoms with Gasteiger partial charge in [-0.05, 0) is 25.2 Å². The molecular formula is C8H15NO2. The van der Waals surface area contributed by atoms with Crippen molar-refractivity contribution >= 4 is 6.41 Å². The lowest BCUT2D eigenvalue weighted by Gasteiger charge is -2.30. The molecule has 11 heavy (non-hydrogen) atoms. The van der Waals surface area contributed by atoms with Crippen LogP contribution < -0.4 is 5.32 Å². The second-order valence-electron chi connectivity index (χ2n) is 3.34. The third kappa shape index (κ3) is 2.19. The van der Waals surface area contributed by atoms with Crippen molar-refractivity contribution in [1.29, 1.82) is 0 Å².